The quantitative estimate of drug-likeness (QED) is 0.357. The summed E-state index contributed by atoms with van der Waals surface area (Å²) >= 11 is 0. The molecule has 0 bridgehead atoms. The molecule has 1 radical (unpaired) electrons. The maximum atomic E-state index is 4.50. The van der Waals surface area contributed by atoms with Gasteiger partial charge in [-0.3, -0.25) is 7.05 Å². The van der Waals surface area contributed by atoms with E-state index in [9.17, 15) is 0 Å². The molecular formula is C4H21N3PV-. The van der Waals surface area contributed by atoms with Gasteiger partial charge in [-0.2, -0.15) is 9.90 Å². The Bertz CT molecular complexity index is 20.5. The van der Waals surface area contributed by atoms with Gasteiger partial charge in [-0.25, -0.2) is 0 Å². The summed E-state index contributed by atoms with van der Waals surface area (Å²) < 4.78 is 0. The Morgan fingerprint density at radius 2 is 1.22 bits per heavy atom. The molecule has 9 heavy (non-hydrogen) atoms. The van der Waals surface area contributed by atoms with E-state index in [-0.39, 0.29) is 29.9 Å². The summed E-state index contributed by atoms with van der Waals surface area (Å²) in [6.07, 6.45) is 0. The van der Waals surface area contributed by atoms with Gasteiger partial charge in [0.2, 0.25) is 0 Å². The fourth-order valence-corrected chi connectivity index (χ4v) is 0. The standard InChI is InChI=1S/C2H6N.2CH5N.H3P.V.H2/c1-3-2;2*1-2;;;/h3H,1H2,2H3;2*2H2,1H3;1H3;;1H/q-1;;;;;. The van der Waals surface area contributed by atoms with Crippen molar-refractivity contribution in [2.24, 2.45) is 11.5 Å². The molecule has 0 fully saturated rings. The summed E-state index contributed by atoms with van der Waals surface area (Å²) in [4.78, 5) is 0. The first-order valence-electron chi connectivity index (χ1n) is 2.01. The van der Waals surface area contributed by atoms with Crippen LogP contribution in [0.15, 0.2) is 0 Å². The van der Waals surface area contributed by atoms with Gasteiger partial charge in [0.1, 0.15) is 0 Å². The van der Waals surface area contributed by atoms with Crippen LogP contribution in [-0.2, 0) is 18.6 Å². The molecular weight excluding hydrogens is 172 g/mol. The second kappa shape index (κ2) is 154. The SMILES string of the molecule is CN.CN.P.[CH2-]NC.[HH].[V]. The van der Waals surface area contributed by atoms with Crippen LogP contribution in [0.5, 0.6) is 0 Å². The fourth-order valence-electron chi connectivity index (χ4n) is 0. The van der Waals surface area contributed by atoms with Gasteiger partial charge < -0.3 is 16.8 Å². The normalized spacial score (nSPS) is 3.33. The van der Waals surface area contributed by atoms with Crippen LogP contribution in [0.4, 0.5) is 0 Å². The summed E-state index contributed by atoms with van der Waals surface area (Å²) in [6, 6.07) is 0. The molecule has 5 N–H and O–H groups in total. The zero-order valence-electron chi connectivity index (χ0n) is 6.52. The fraction of sp³-hybridized carbons (Fsp3) is 0.750. The van der Waals surface area contributed by atoms with Gasteiger partial charge in [0.25, 0.3) is 0 Å². The van der Waals surface area contributed by atoms with Crippen LogP contribution in [0, 0.1) is 7.05 Å². The summed E-state index contributed by atoms with van der Waals surface area (Å²) in [5.74, 6) is 0. The molecule has 3 nitrogen and oxygen atoms in total. The van der Waals surface area contributed by atoms with E-state index in [0.717, 1.165) is 0 Å². The van der Waals surface area contributed by atoms with Crippen LogP contribution in [0.1, 0.15) is 1.43 Å². The minimum absolute atomic E-state index is 0. The second-order valence-corrected chi connectivity index (χ2v) is 0.354. The number of nitrogens with two attached hydrogens (primary N) is 2. The van der Waals surface area contributed by atoms with Crippen molar-refractivity contribution in [3.63, 3.8) is 0 Å². The van der Waals surface area contributed by atoms with Gasteiger partial charge in [-0.15, -0.1) is 0 Å². The number of hydrogen-bond acceptors (Lipinski definition) is 3. The minimum atomic E-state index is 0. The third-order valence-electron chi connectivity index (χ3n) is 0. The summed E-state index contributed by atoms with van der Waals surface area (Å²) in [6.45, 7) is 0. The molecule has 0 aromatic heterocycles. The maximum Gasteiger partial charge on any atom is 0 e. The largest absolute Gasteiger partial charge is 0.475 e. The zero-order valence-corrected chi connectivity index (χ0v) is 9.33. The predicted octanol–water partition coefficient (Wildman–Crippen LogP) is -0.551. The number of hydrogen-bond donors (Lipinski definition) is 3. The van der Waals surface area contributed by atoms with E-state index in [1.54, 1.807) is 7.05 Å². The Hall–Kier alpha value is 0.894. The van der Waals surface area contributed by atoms with Crippen LogP contribution in [0.3, 0.4) is 0 Å². The van der Waals surface area contributed by atoms with Crippen molar-refractivity contribution in [1.82, 2.24) is 5.32 Å². The van der Waals surface area contributed by atoms with E-state index in [1.807, 2.05) is 0 Å². The van der Waals surface area contributed by atoms with Crippen molar-refractivity contribution in [1.29, 1.82) is 0 Å². The van der Waals surface area contributed by atoms with Gasteiger partial charge in [-0.05, 0) is 21.1 Å². The van der Waals surface area contributed by atoms with Gasteiger partial charge in [0, 0.05) is 20.0 Å². The van der Waals surface area contributed by atoms with E-state index in [2.05, 4.69) is 23.8 Å². The predicted molar refractivity (Wildman–Crippen MR) is 47.9 cm³/mol. The van der Waals surface area contributed by atoms with Crippen molar-refractivity contribution >= 4 is 9.90 Å². The Kier molecular flexibility index (Phi) is 561. The Balaban J connectivity index is -0.00000000536. The average molecular weight is 193 g/mol. The Morgan fingerprint density at radius 3 is 1.22 bits per heavy atom. The van der Waals surface area contributed by atoms with Gasteiger partial charge >= 0.3 is 0 Å². The maximum absolute atomic E-state index is 4.50. The first kappa shape index (κ1) is 32.7. The van der Waals surface area contributed by atoms with Crippen molar-refractivity contribution in [3.05, 3.63) is 7.05 Å². The van der Waals surface area contributed by atoms with E-state index >= 15 is 0 Å². The second-order valence-electron chi connectivity index (χ2n) is 0.354. The molecule has 63 valence electrons. The molecule has 0 aliphatic heterocycles. The molecule has 0 amide bonds. The molecule has 0 spiro atoms. The Morgan fingerprint density at radius 1 is 1.22 bits per heavy atom. The molecule has 5 heteroatoms. The van der Waals surface area contributed by atoms with Crippen LogP contribution in [0.25, 0.3) is 0 Å². The van der Waals surface area contributed by atoms with Crippen molar-refractivity contribution in [3.8, 4) is 0 Å². The van der Waals surface area contributed by atoms with Crippen LogP contribution >= 0.6 is 9.90 Å². The molecule has 0 aromatic carbocycles. The molecule has 1 unspecified atom stereocenters. The van der Waals surface area contributed by atoms with Gasteiger partial charge in [-0.1, -0.05) is 0 Å². The van der Waals surface area contributed by atoms with E-state index < -0.39 is 0 Å². The molecule has 0 saturated carbocycles. The zero-order chi connectivity index (χ0) is 6.71. The van der Waals surface area contributed by atoms with E-state index in [4.69, 9.17) is 0 Å². The summed E-state index contributed by atoms with van der Waals surface area (Å²) in [7, 11) is 8.00. The monoisotopic (exact) mass is 193 g/mol. The molecule has 0 heterocycles. The van der Waals surface area contributed by atoms with E-state index in [1.165, 1.54) is 14.1 Å². The molecule has 0 aliphatic carbocycles. The first-order chi connectivity index (χ1) is 3.41. The van der Waals surface area contributed by atoms with Gasteiger partial charge in [0.05, 0.1) is 0 Å². The van der Waals surface area contributed by atoms with E-state index in [0.29, 0.717) is 0 Å². The molecule has 0 aliphatic rings. The van der Waals surface area contributed by atoms with Crippen molar-refractivity contribution in [2.45, 2.75) is 0 Å². The average Bonchev–Trinajstić information content (AvgIpc) is 1.78. The topological polar surface area (TPSA) is 64.1 Å². The third kappa shape index (κ3) is 528. The third-order valence-corrected chi connectivity index (χ3v) is 0. The molecule has 0 rings (SSSR count). The number of rotatable bonds is 0. The molecule has 0 aromatic rings. The first-order valence-corrected chi connectivity index (χ1v) is 2.01. The molecule has 0 saturated heterocycles. The molecule has 1 atom stereocenters. The minimum Gasteiger partial charge on any atom is -0.475 e. The van der Waals surface area contributed by atoms with Crippen LogP contribution in [0.2, 0.25) is 0 Å². The summed E-state index contributed by atoms with van der Waals surface area (Å²) in [5.41, 5.74) is 9.00. The van der Waals surface area contributed by atoms with Crippen molar-refractivity contribution in [2.75, 3.05) is 21.1 Å². The number of nitrogens with one attached hydrogen (secondary N) is 1. The van der Waals surface area contributed by atoms with Crippen LogP contribution in [-0.4, -0.2) is 21.1 Å². The smallest absolute Gasteiger partial charge is 0 e. The Labute approximate surface area is 75.3 Å². The van der Waals surface area contributed by atoms with Crippen LogP contribution < -0.4 is 16.8 Å². The van der Waals surface area contributed by atoms with Crippen molar-refractivity contribution < 1.29 is 20.0 Å². The van der Waals surface area contributed by atoms with Gasteiger partial charge in [0.15, 0.2) is 0 Å². The summed E-state index contributed by atoms with van der Waals surface area (Å²) in [5, 5.41) is 2.50.